The lowest BCUT2D eigenvalue weighted by atomic mass is 10.1. The molecule has 4 rings (SSSR count). The molecular weight excluding hydrogens is 471 g/mol. The topological polar surface area (TPSA) is 50.7 Å². The highest BCUT2D eigenvalue weighted by Gasteiger charge is 2.05. The third-order valence-electron chi connectivity index (χ3n) is 4.84. The van der Waals surface area contributed by atoms with Gasteiger partial charge in [-0.05, 0) is 79.8 Å². The second-order valence-corrected chi connectivity index (χ2v) is 8.11. The fraction of sp³-hybridized carbons (Fsp3) is 0.0769. The van der Waals surface area contributed by atoms with Crippen molar-refractivity contribution in [1.29, 1.82) is 0 Å². The fourth-order valence-electron chi connectivity index (χ4n) is 3.21. The summed E-state index contributed by atoms with van der Waals surface area (Å²) in [5.41, 5.74) is 5.09. The first-order valence-corrected chi connectivity index (χ1v) is 10.8. The van der Waals surface area contributed by atoms with E-state index in [0.717, 1.165) is 26.9 Å². The number of hydrazone groups is 1. The number of hydrogen-bond acceptors (Lipinski definition) is 3. The number of nitrogens with one attached hydrogen (secondary N) is 1. The predicted octanol–water partition coefficient (Wildman–Crippen LogP) is 6.01. The van der Waals surface area contributed by atoms with Crippen molar-refractivity contribution in [2.45, 2.75) is 13.0 Å². The van der Waals surface area contributed by atoms with Gasteiger partial charge in [-0.1, -0.05) is 48.5 Å². The number of fused-ring (bicyclic) bond motifs is 1. The molecule has 4 aromatic carbocycles. The quantitative estimate of drug-likeness (QED) is 0.254. The van der Waals surface area contributed by atoms with Crippen LogP contribution in [-0.2, 0) is 17.8 Å². The number of amides is 1. The normalized spacial score (nSPS) is 11.1. The van der Waals surface area contributed by atoms with Crippen molar-refractivity contribution in [2.24, 2.45) is 5.10 Å². The first kappa shape index (κ1) is 21.7. The molecule has 0 aliphatic heterocycles. The summed E-state index contributed by atoms with van der Waals surface area (Å²) in [4.78, 5) is 12.0. The van der Waals surface area contributed by atoms with Gasteiger partial charge >= 0.3 is 0 Å². The molecule has 6 heteroatoms. The van der Waals surface area contributed by atoms with Gasteiger partial charge in [0.05, 0.1) is 17.1 Å². The summed E-state index contributed by atoms with van der Waals surface area (Å²) < 4.78 is 19.7. The van der Waals surface area contributed by atoms with Gasteiger partial charge in [0.25, 0.3) is 0 Å². The smallest absolute Gasteiger partial charge is 0.244 e. The van der Waals surface area contributed by atoms with Gasteiger partial charge in [0.15, 0.2) is 0 Å². The van der Waals surface area contributed by atoms with Gasteiger partial charge in [0.2, 0.25) is 5.91 Å². The van der Waals surface area contributed by atoms with Crippen molar-refractivity contribution in [2.75, 3.05) is 0 Å². The third kappa shape index (κ3) is 5.80. The number of carbonyl (C=O) groups excluding carboxylic acids is 1. The highest BCUT2D eigenvalue weighted by Crippen LogP contribution is 2.27. The number of nitrogens with zero attached hydrogens (tertiary/aromatic N) is 1. The molecular formula is C26H20BrFN2O2. The van der Waals surface area contributed by atoms with Gasteiger partial charge in [-0.3, -0.25) is 4.79 Å². The summed E-state index contributed by atoms with van der Waals surface area (Å²) in [6, 6.07) is 25.9. The van der Waals surface area contributed by atoms with Gasteiger partial charge in [-0.15, -0.1) is 0 Å². The zero-order valence-electron chi connectivity index (χ0n) is 17.1. The van der Waals surface area contributed by atoms with Crippen molar-refractivity contribution in [3.8, 4) is 5.75 Å². The van der Waals surface area contributed by atoms with Gasteiger partial charge in [0.1, 0.15) is 18.2 Å². The van der Waals surface area contributed by atoms with Gasteiger partial charge in [-0.25, -0.2) is 9.82 Å². The first-order chi connectivity index (χ1) is 15.6. The van der Waals surface area contributed by atoms with E-state index < -0.39 is 0 Å². The average Bonchev–Trinajstić information content (AvgIpc) is 2.80. The van der Waals surface area contributed by atoms with E-state index in [1.165, 1.54) is 22.9 Å². The third-order valence-corrected chi connectivity index (χ3v) is 5.46. The molecule has 4 aromatic rings. The van der Waals surface area contributed by atoms with Crippen LogP contribution in [0.25, 0.3) is 10.8 Å². The number of hydrogen-bond donors (Lipinski definition) is 1. The van der Waals surface area contributed by atoms with E-state index in [-0.39, 0.29) is 18.1 Å². The molecule has 0 aliphatic carbocycles. The van der Waals surface area contributed by atoms with Crippen LogP contribution >= 0.6 is 15.9 Å². The van der Waals surface area contributed by atoms with E-state index in [1.54, 1.807) is 18.3 Å². The largest absolute Gasteiger partial charge is 0.488 e. The van der Waals surface area contributed by atoms with Crippen molar-refractivity contribution in [3.05, 3.63) is 112 Å². The standard InChI is InChI=1S/C26H20BrFN2O2/c27-24-14-19(16-29-30-26(31)15-18-6-10-23(28)11-7-18)8-12-25(24)32-17-20-5-9-21-3-1-2-4-22(21)13-20/h1-14,16H,15,17H2,(H,30,31)/b29-16+. The number of benzene rings is 4. The summed E-state index contributed by atoms with van der Waals surface area (Å²) in [5.74, 6) is 0.111. The monoisotopic (exact) mass is 490 g/mol. The Morgan fingerprint density at radius 3 is 2.47 bits per heavy atom. The lowest BCUT2D eigenvalue weighted by Gasteiger charge is -2.10. The van der Waals surface area contributed by atoms with E-state index in [4.69, 9.17) is 4.74 Å². The number of halogens is 2. The molecule has 4 nitrogen and oxygen atoms in total. The number of rotatable bonds is 7. The van der Waals surface area contributed by atoms with E-state index in [0.29, 0.717) is 6.61 Å². The molecule has 1 N–H and O–H groups in total. The van der Waals surface area contributed by atoms with Crippen LogP contribution in [-0.4, -0.2) is 12.1 Å². The van der Waals surface area contributed by atoms with Gasteiger partial charge in [-0.2, -0.15) is 5.10 Å². The van der Waals surface area contributed by atoms with Crippen molar-refractivity contribution in [3.63, 3.8) is 0 Å². The van der Waals surface area contributed by atoms with Gasteiger partial charge in [0, 0.05) is 0 Å². The lowest BCUT2D eigenvalue weighted by Crippen LogP contribution is -2.19. The Morgan fingerprint density at radius 1 is 0.938 bits per heavy atom. The summed E-state index contributed by atoms with van der Waals surface area (Å²) in [7, 11) is 0. The molecule has 0 radical (unpaired) electrons. The maximum atomic E-state index is 12.9. The second-order valence-electron chi connectivity index (χ2n) is 7.26. The summed E-state index contributed by atoms with van der Waals surface area (Å²) >= 11 is 3.53. The Kier molecular flexibility index (Phi) is 6.92. The molecule has 0 bridgehead atoms. The van der Waals surface area contributed by atoms with Crippen molar-refractivity contribution in [1.82, 2.24) is 5.43 Å². The summed E-state index contributed by atoms with van der Waals surface area (Å²) in [6.45, 7) is 0.455. The van der Waals surface area contributed by atoms with Crippen LogP contribution in [0.5, 0.6) is 5.75 Å². The molecule has 32 heavy (non-hydrogen) atoms. The number of ether oxygens (including phenoxy) is 1. The molecule has 0 fully saturated rings. The minimum absolute atomic E-state index is 0.128. The van der Waals surface area contributed by atoms with E-state index in [1.807, 2.05) is 30.3 Å². The second kappa shape index (κ2) is 10.2. The van der Waals surface area contributed by atoms with Crippen LogP contribution in [0.3, 0.4) is 0 Å². The molecule has 0 heterocycles. The Morgan fingerprint density at radius 2 is 1.69 bits per heavy atom. The van der Waals surface area contributed by atoms with Crippen molar-refractivity contribution >= 4 is 38.8 Å². The molecule has 1 amide bonds. The highest BCUT2D eigenvalue weighted by atomic mass is 79.9. The van der Waals surface area contributed by atoms with Gasteiger partial charge < -0.3 is 4.74 Å². The molecule has 0 aliphatic rings. The summed E-state index contributed by atoms with van der Waals surface area (Å²) in [5, 5.41) is 6.37. The van der Waals surface area contributed by atoms with Crippen LogP contribution < -0.4 is 10.2 Å². The summed E-state index contributed by atoms with van der Waals surface area (Å²) in [6.07, 6.45) is 1.68. The Hall–Kier alpha value is -3.51. The maximum absolute atomic E-state index is 12.9. The molecule has 0 unspecified atom stereocenters. The minimum Gasteiger partial charge on any atom is -0.488 e. The van der Waals surface area contributed by atoms with Crippen LogP contribution in [0, 0.1) is 5.82 Å². The Balaban J connectivity index is 1.32. The zero-order chi connectivity index (χ0) is 22.3. The molecule has 0 aromatic heterocycles. The molecule has 0 spiro atoms. The molecule has 0 atom stereocenters. The first-order valence-electron chi connectivity index (χ1n) is 10.0. The average molecular weight is 491 g/mol. The lowest BCUT2D eigenvalue weighted by molar-refractivity contribution is -0.120. The number of carbonyl (C=O) groups is 1. The fourth-order valence-corrected chi connectivity index (χ4v) is 3.72. The zero-order valence-corrected chi connectivity index (χ0v) is 18.7. The van der Waals surface area contributed by atoms with Crippen molar-refractivity contribution < 1.29 is 13.9 Å². The maximum Gasteiger partial charge on any atom is 0.244 e. The van der Waals surface area contributed by atoms with E-state index in [2.05, 4.69) is 56.8 Å². The Labute approximate surface area is 193 Å². The Bertz CT molecular complexity index is 1270. The minimum atomic E-state index is -0.331. The molecule has 160 valence electrons. The highest BCUT2D eigenvalue weighted by molar-refractivity contribution is 9.10. The van der Waals surface area contributed by atoms with Crippen LogP contribution in [0.2, 0.25) is 0 Å². The van der Waals surface area contributed by atoms with Crippen LogP contribution in [0.4, 0.5) is 4.39 Å². The SMILES string of the molecule is O=C(Cc1ccc(F)cc1)N/N=C/c1ccc(OCc2ccc3ccccc3c2)c(Br)c1. The van der Waals surface area contributed by atoms with Crippen LogP contribution in [0.15, 0.2) is 94.5 Å². The predicted molar refractivity (Wildman–Crippen MR) is 128 cm³/mol. The van der Waals surface area contributed by atoms with Crippen LogP contribution in [0.1, 0.15) is 16.7 Å². The molecule has 0 saturated heterocycles. The van der Waals surface area contributed by atoms with E-state index in [9.17, 15) is 9.18 Å². The van der Waals surface area contributed by atoms with E-state index >= 15 is 0 Å². The molecule has 0 saturated carbocycles.